The molecule has 2 atom stereocenters. The van der Waals surface area contributed by atoms with Gasteiger partial charge in [0.1, 0.15) is 5.75 Å². The molecule has 1 heterocycles. The van der Waals surface area contributed by atoms with Gasteiger partial charge in [-0.1, -0.05) is 26.0 Å². The van der Waals surface area contributed by atoms with E-state index in [-0.39, 0.29) is 17.9 Å². The molecular formula is C17H26N2O2. The van der Waals surface area contributed by atoms with E-state index in [0.29, 0.717) is 5.92 Å². The summed E-state index contributed by atoms with van der Waals surface area (Å²) in [4.78, 5) is 14.2. The average Bonchev–Trinajstić information content (AvgIpc) is 2.46. The van der Waals surface area contributed by atoms with Crippen LogP contribution >= 0.6 is 0 Å². The van der Waals surface area contributed by atoms with Crippen molar-refractivity contribution in [3.63, 3.8) is 0 Å². The van der Waals surface area contributed by atoms with E-state index >= 15 is 0 Å². The van der Waals surface area contributed by atoms with E-state index in [9.17, 15) is 4.79 Å². The average molecular weight is 290 g/mol. The maximum atomic E-state index is 11.9. The van der Waals surface area contributed by atoms with Gasteiger partial charge in [0, 0.05) is 25.0 Å². The zero-order chi connectivity index (χ0) is 15.4. The molecule has 0 aliphatic carbocycles. The van der Waals surface area contributed by atoms with Crippen molar-refractivity contribution in [3.05, 3.63) is 29.8 Å². The van der Waals surface area contributed by atoms with Gasteiger partial charge >= 0.3 is 0 Å². The molecule has 2 rings (SSSR count). The summed E-state index contributed by atoms with van der Waals surface area (Å²) in [6.45, 7) is 5.79. The first-order valence-corrected chi connectivity index (χ1v) is 7.62. The smallest absolute Gasteiger partial charge is 0.222 e. The molecule has 1 aromatic rings. The summed E-state index contributed by atoms with van der Waals surface area (Å²) in [5, 5.41) is 3.17. The van der Waals surface area contributed by atoms with Crippen LogP contribution in [0.25, 0.3) is 0 Å². The van der Waals surface area contributed by atoms with Crippen molar-refractivity contribution in [2.45, 2.75) is 32.2 Å². The third-order valence-corrected chi connectivity index (χ3v) is 4.07. The number of hydrogen-bond acceptors (Lipinski definition) is 3. The second-order valence-corrected chi connectivity index (χ2v) is 6.29. The highest BCUT2D eigenvalue weighted by Gasteiger charge is 2.28. The van der Waals surface area contributed by atoms with E-state index in [1.165, 1.54) is 5.56 Å². The number of piperidine rings is 1. The Hall–Kier alpha value is -1.55. The Kier molecular flexibility index (Phi) is 5.23. The number of carbonyl (C=O) groups is 1. The molecule has 0 spiro atoms. The van der Waals surface area contributed by atoms with Gasteiger partial charge in [-0.25, -0.2) is 0 Å². The second kappa shape index (κ2) is 6.94. The van der Waals surface area contributed by atoms with Crippen LogP contribution in [0.5, 0.6) is 5.75 Å². The molecule has 1 aliphatic heterocycles. The number of likely N-dealkylation sites (tertiary alicyclic amines) is 1. The number of nitrogens with one attached hydrogen (secondary N) is 1. The van der Waals surface area contributed by atoms with Crippen molar-refractivity contribution >= 4 is 5.91 Å². The van der Waals surface area contributed by atoms with Gasteiger partial charge in [0.15, 0.2) is 0 Å². The largest absolute Gasteiger partial charge is 0.497 e. The summed E-state index contributed by atoms with van der Waals surface area (Å²) in [6.07, 6.45) is 0.982. The van der Waals surface area contributed by atoms with Crippen molar-refractivity contribution in [2.24, 2.45) is 5.92 Å². The molecule has 116 valence electrons. The van der Waals surface area contributed by atoms with Gasteiger partial charge in [-0.05, 0) is 37.1 Å². The minimum Gasteiger partial charge on any atom is -0.497 e. The van der Waals surface area contributed by atoms with Crippen LogP contribution in [0, 0.1) is 5.92 Å². The lowest BCUT2D eigenvalue weighted by atomic mass is 9.88. The number of amides is 1. The number of methoxy groups -OCH3 is 1. The number of rotatable bonds is 4. The van der Waals surface area contributed by atoms with Crippen molar-refractivity contribution in [3.8, 4) is 5.75 Å². The number of carbonyl (C=O) groups excluding carboxylic acids is 1. The molecule has 1 aliphatic rings. The van der Waals surface area contributed by atoms with E-state index in [1.54, 1.807) is 7.11 Å². The quantitative estimate of drug-likeness (QED) is 0.925. The molecule has 4 heteroatoms. The second-order valence-electron chi connectivity index (χ2n) is 6.29. The van der Waals surface area contributed by atoms with Crippen molar-refractivity contribution in [1.82, 2.24) is 10.2 Å². The van der Waals surface area contributed by atoms with Gasteiger partial charge in [0.2, 0.25) is 5.91 Å². The zero-order valence-corrected chi connectivity index (χ0v) is 13.4. The van der Waals surface area contributed by atoms with Crippen LogP contribution in [0.2, 0.25) is 0 Å². The van der Waals surface area contributed by atoms with Crippen LogP contribution in [0.1, 0.15) is 31.7 Å². The third-order valence-electron chi connectivity index (χ3n) is 4.07. The Labute approximate surface area is 127 Å². The first-order chi connectivity index (χ1) is 9.99. The lowest BCUT2D eigenvalue weighted by Crippen LogP contribution is -2.49. The van der Waals surface area contributed by atoms with Crippen molar-refractivity contribution in [1.29, 1.82) is 0 Å². The highest BCUT2D eigenvalue weighted by atomic mass is 16.5. The van der Waals surface area contributed by atoms with E-state index in [4.69, 9.17) is 4.74 Å². The van der Waals surface area contributed by atoms with Gasteiger partial charge in [-0.3, -0.25) is 4.79 Å². The Morgan fingerprint density at radius 3 is 2.81 bits per heavy atom. The van der Waals surface area contributed by atoms with Gasteiger partial charge in [-0.15, -0.1) is 0 Å². The predicted octanol–water partition coefficient (Wildman–Crippen LogP) is 2.26. The van der Waals surface area contributed by atoms with Crippen LogP contribution in [-0.4, -0.2) is 44.1 Å². The highest BCUT2D eigenvalue weighted by molar-refractivity contribution is 5.78. The number of benzene rings is 1. The lowest BCUT2D eigenvalue weighted by Gasteiger charge is -2.36. The van der Waals surface area contributed by atoms with Crippen LogP contribution in [-0.2, 0) is 4.79 Å². The summed E-state index contributed by atoms with van der Waals surface area (Å²) >= 11 is 0. The van der Waals surface area contributed by atoms with E-state index in [1.807, 2.05) is 26.0 Å². The van der Waals surface area contributed by atoms with Crippen molar-refractivity contribution < 1.29 is 9.53 Å². The molecule has 0 aromatic heterocycles. The fraction of sp³-hybridized carbons (Fsp3) is 0.588. The monoisotopic (exact) mass is 290 g/mol. The van der Waals surface area contributed by atoms with Gasteiger partial charge < -0.3 is 15.0 Å². The summed E-state index contributed by atoms with van der Waals surface area (Å²) in [6, 6.07) is 8.46. The summed E-state index contributed by atoms with van der Waals surface area (Å²) < 4.78 is 5.31. The van der Waals surface area contributed by atoms with Crippen molar-refractivity contribution in [2.75, 3.05) is 27.2 Å². The third kappa shape index (κ3) is 4.21. The SMILES string of the molecule is COc1cccc(C2CC(NC(=O)C(C)C)CN(C)C2)c1. The van der Waals surface area contributed by atoms with Crippen LogP contribution in [0.3, 0.4) is 0 Å². The molecule has 1 saturated heterocycles. The molecule has 1 N–H and O–H groups in total. The topological polar surface area (TPSA) is 41.6 Å². The lowest BCUT2D eigenvalue weighted by molar-refractivity contribution is -0.125. The first kappa shape index (κ1) is 15.8. The van der Waals surface area contributed by atoms with Crippen LogP contribution < -0.4 is 10.1 Å². The van der Waals surface area contributed by atoms with Crippen LogP contribution in [0.15, 0.2) is 24.3 Å². The Morgan fingerprint density at radius 2 is 2.14 bits per heavy atom. The minimum absolute atomic E-state index is 0.0347. The Bertz CT molecular complexity index is 487. The molecule has 0 radical (unpaired) electrons. The summed E-state index contributed by atoms with van der Waals surface area (Å²) in [5.74, 6) is 1.49. The molecule has 1 amide bonds. The number of hydrogen-bond donors (Lipinski definition) is 1. The number of nitrogens with zero attached hydrogens (tertiary/aromatic N) is 1. The first-order valence-electron chi connectivity index (χ1n) is 7.62. The standard InChI is InChI=1S/C17H26N2O2/c1-12(2)17(20)18-15-8-14(10-19(3)11-15)13-6-5-7-16(9-13)21-4/h5-7,9,12,14-15H,8,10-11H2,1-4H3,(H,18,20). The zero-order valence-electron chi connectivity index (χ0n) is 13.4. The Balaban J connectivity index is 2.07. The number of ether oxygens (including phenoxy) is 1. The van der Waals surface area contributed by atoms with Gasteiger partial charge in [0.25, 0.3) is 0 Å². The van der Waals surface area contributed by atoms with Gasteiger partial charge in [-0.2, -0.15) is 0 Å². The molecular weight excluding hydrogens is 264 g/mol. The van der Waals surface area contributed by atoms with E-state index in [0.717, 1.165) is 25.3 Å². The molecule has 0 bridgehead atoms. The predicted molar refractivity (Wildman–Crippen MR) is 84.6 cm³/mol. The minimum atomic E-state index is 0.0347. The molecule has 2 unspecified atom stereocenters. The summed E-state index contributed by atoms with van der Waals surface area (Å²) in [5.41, 5.74) is 1.28. The van der Waals surface area contributed by atoms with Crippen LogP contribution in [0.4, 0.5) is 0 Å². The fourth-order valence-corrected chi connectivity index (χ4v) is 2.93. The molecule has 1 fully saturated rings. The molecule has 21 heavy (non-hydrogen) atoms. The maximum Gasteiger partial charge on any atom is 0.222 e. The highest BCUT2D eigenvalue weighted by Crippen LogP contribution is 2.28. The van der Waals surface area contributed by atoms with E-state index < -0.39 is 0 Å². The van der Waals surface area contributed by atoms with E-state index in [2.05, 4.69) is 29.4 Å². The summed E-state index contributed by atoms with van der Waals surface area (Å²) in [7, 11) is 3.80. The number of likely N-dealkylation sites (N-methyl/N-ethyl adjacent to an activating group) is 1. The normalized spacial score (nSPS) is 23.1. The molecule has 0 saturated carbocycles. The Morgan fingerprint density at radius 1 is 1.38 bits per heavy atom. The fourth-order valence-electron chi connectivity index (χ4n) is 2.93. The molecule has 1 aromatic carbocycles. The molecule has 4 nitrogen and oxygen atoms in total. The van der Waals surface area contributed by atoms with Gasteiger partial charge in [0.05, 0.1) is 7.11 Å². The maximum absolute atomic E-state index is 11.9.